The van der Waals surface area contributed by atoms with Crippen molar-refractivity contribution in [3.8, 4) is 10.4 Å². The first kappa shape index (κ1) is 60.1. The van der Waals surface area contributed by atoms with Crippen molar-refractivity contribution < 1.29 is 54.3 Å². The molecule has 1 aromatic heterocycles. The summed E-state index contributed by atoms with van der Waals surface area (Å²) in [4.78, 5) is 62.0. The Balaban J connectivity index is 0.930. The highest BCUT2D eigenvalue weighted by molar-refractivity contribution is 7.99. The second-order valence-corrected chi connectivity index (χ2v) is 25.9. The number of likely N-dealkylation sites (tertiary alicyclic amines) is 2. The van der Waals surface area contributed by atoms with Crippen molar-refractivity contribution >= 4 is 72.3 Å². The number of amides is 4. The average molecular weight is 1140 g/mol. The number of thiazole rings is 1. The van der Waals surface area contributed by atoms with Gasteiger partial charge in [-0.15, -0.1) is 23.1 Å². The normalized spacial score (nSPS) is 18.7. The van der Waals surface area contributed by atoms with Gasteiger partial charge in [0.05, 0.1) is 44.7 Å². The van der Waals surface area contributed by atoms with Crippen LogP contribution >= 0.6 is 23.1 Å². The molecule has 2 aliphatic rings. The third-order valence-corrected chi connectivity index (χ3v) is 18.1. The van der Waals surface area contributed by atoms with E-state index < -0.39 is 82.3 Å². The predicted molar refractivity (Wildman–Crippen MR) is 287 cm³/mol. The van der Waals surface area contributed by atoms with Crippen LogP contribution in [0.15, 0.2) is 93.0 Å². The molecule has 2 aliphatic heterocycles. The number of carbonyl (C=O) groups excluding carboxylic acids is 4. The number of nitrogens with one attached hydrogen (secondary N) is 4. The summed E-state index contributed by atoms with van der Waals surface area (Å²) in [5.74, 6) is -1.25. The lowest BCUT2D eigenvalue weighted by Gasteiger charge is -2.35. The Labute approximate surface area is 451 Å². The summed E-state index contributed by atoms with van der Waals surface area (Å²) in [6.07, 6.45) is 2.88. The van der Waals surface area contributed by atoms with E-state index in [0.717, 1.165) is 45.1 Å². The van der Waals surface area contributed by atoms with E-state index in [0.29, 0.717) is 70.1 Å². The van der Waals surface area contributed by atoms with Crippen LogP contribution in [0, 0.1) is 18.3 Å². The van der Waals surface area contributed by atoms with Crippen LogP contribution in [-0.2, 0) is 39.0 Å². The minimum atomic E-state index is -5.99. The van der Waals surface area contributed by atoms with Crippen molar-refractivity contribution in [2.75, 3.05) is 43.8 Å². The molecule has 416 valence electrons. The lowest BCUT2D eigenvalue weighted by molar-refractivity contribution is -0.144. The number of thioether (sulfide) groups is 1. The molecule has 24 heteroatoms. The van der Waals surface area contributed by atoms with E-state index in [1.807, 2.05) is 89.2 Å². The van der Waals surface area contributed by atoms with Crippen LogP contribution in [0.3, 0.4) is 0 Å². The number of rotatable bonds is 24. The van der Waals surface area contributed by atoms with Gasteiger partial charge in [-0.25, -0.2) is 27.0 Å². The van der Waals surface area contributed by atoms with Gasteiger partial charge in [-0.1, -0.05) is 76.1 Å². The van der Waals surface area contributed by atoms with Crippen LogP contribution in [0.1, 0.15) is 96.4 Å². The lowest BCUT2D eigenvalue weighted by atomic mass is 9.85. The minimum absolute atomic E-state index is 0.0393. The SMILES string of the molecule is Cc1ncsc1-c1ccc(C(C)NC(=O)[C@@H]2C[C@@H](O)CN2C(=O)C(NC(=O)CCCCCCNC(=O)[C@@H]2CCN(CCC(CSc3ccccc3)Nc3ccc(S(N)(=O)=O)cc3S(=O)(=O)C(F)(F)F)C2)C(C)(C)C)cc1. The van der Waals surface area contributed by atoms with Crippen molar-refractivity contribution in [3.05, 3.63) is 89.6 Å². The van der Waals surface area contributed by atoms with Gasteiger partial charge < -0.3 is 36.2 Å². The highest BCUT2D eigenvalue weighted by atomic mass is 32.2. The van der Waals surface area contributed by atoms with E-state index >= 15 is 0 Å². The molecule has 3 aromatic carbocycles. The number of halogens is 3. The molecule has 0 aliphatic carbocycles. The summed E-state index contributed by atoms with van der Waals surface area (Å²) >= 11 is 2.96. The number of nitrogens with zero attached hydrogens (tertiary/aromatic N) is 3. The number of sulfone groups is 1. The van der Waals surface area contributed by atoms with Gasteiger partial charge in [0.2, 0.25) is 33.7 Å². The molecule has 76 heavy (non-hydrogen) atoms. The van der Waals surface area contributed by atoms with Gasteiger partial charge in [0.1, 0.15) is 17.0 Å². The second kappa shape index (κ2) is 26.0. The van der Waals surface area contributed by atoms with Crippen molar-refractivity contribution in [3.63, 3.8) is 0 Å². The minimum Gasteiger partial charge on any atom is -0.391 e. The Hall–Kier alpha value is -5.11. The Morgan fingerprint density at radius 3 is 2.26 bits per heavy atom. The van der Waals surface area contributed by atoms with Crippen molar-refractivity contribution in [2.45, 2.75) is 136 Å². The number of aryl methyl sites for hydroxylation is 1. The number of nitrogens with two attached hydrogens (primary N) is 1. The number of β-amino-alcohol motifs (C(OH)–C–C–N with tert-alkyl or cyclic N) is 1. The Morgan fingerprint density at radius 2 is 1.62 bits per heavy atom. The lowest BCUT2D eigenvalue weighted by Crippen LogP contribution is -2.57. The van der Waals surface area contributed by atoms with Crippen molar-refractivity contribution in [2.24, 2.45) is 16.5 Å². The molecule has 4 amide bonds. The number of benzene rings is 3. The maximum atomic E-state index is 14.1. The van der Waals surface area contributed by atoms with Crippen LogP contribution in [-0.4, -0.2) is 129 Å². The molecule has 2 fully saturated rings. The topological polar surface area (TPSA) is 250 Å². The van der Waals surface area contributed by atoms with E-state index in [1.54, 1.807) is 16.8 Å². The van der Waals surface area contributed by atoms with E-state index in [1.165, 1.54) is 16.7 Å². The Bertz CT molecular complexity index is 2870. The highest BCUT2D eigenvalue weighted by Gasteiger charge is 2.49. The van der Waals surface area contributed by atoms with Gasteiger partial charge in [0.25, 0.3) is 9.84 Å². The van der Waals surface area contributed by atoms with E-state index in [9.17, 15) is 54.3 Å². The molecule has 0 saturated carbocycles. The maximum Gasteiger partial charge on any atom is 0.501 e. The van der Waals surface area contributed by atoms with E-state index in [4.69, 9.17) is 5.14 Å². The molecule has 17 nitrogen and oxygen atoms in total. The molecular weight excluding hydrogens is 1070 g/mol. The van der Waals surface area contributed by atoms with Crippen LogP contribution in [0.5, 0.6) is 0 Å². The van der Waals surface area contributed by atoms with Crippen LogP contribution in [0.25, 0.3) is 10.4 Å². The molecule has 4 aromatic rings. The largest absolute Gasteiger partial charge is 0.501 e. The van der Waals surface area contributed by atoms with Crippen LogP contribution < -0.4 is 26.4 Å². The van der Waals surface area contributed by atoms with Gasteiger partial charge in [-0.05, 0) is 92.9 Å². The molecular formula is C52H69F3N8O9S4. The monoisotopic (exact) mass is 1130 g/mol. The van der Waals surface area contributed by atoms with Crippen molar-refractivity contribution in [1.29, 1.82) is 0 Å². The summed E-state index contributed by atoms with van der Waals surface area (Å²) in [6, 6.07) is 16.5. The summed E-state index contributed by atoms with van der Waals surface area (Å²) < 4.78 is 90.8. The van der Waals surface area contributed by atoms with Gasteiger partial charge in [-0.2, -0.15) is 13.2 Å². The third kappa shape index (κ3) is 16.2. The van der Waals surface area contributed by atoms with Crippen LogP contribution in [0.2, 0.25) is 0 Å². The predicted octanol–water partition coefficient (Wildman–Crippen LogP) is 6.78. The number of aliphatic hydroxyl groups is 1. The van der Waals surface area contributed by atoms with Gasteiger partial charge in [0, 0.05) is 55.7 Å². The molecule has 3 unspecified atom stereocenters. The molecule has 2 saturated heterocycles. The zero-order chi connectivity index (χ0) is 55.6. The number of aromatic nitrogens is 1. The quantitative estimate of drug-likeness (QED) is 0.0313. The summed E-state index contributed by atoms with van der Waals surface area (Å²) in [5.41, 5.74) is -2.21. The smallest absolute Gasteiger partial charge is 0.391 e. The molecule has 0 radical (unpaired) electrons. The molecule has 0 spiro atoms. The standard InChI is InChI=1S/C52H69F3N8O9S4/c1-33(35-16-18-36(19-17-35)46-34(2)58-32-74-46)59-49(67)43-27-39(64)30-63(43)50(68)47(51(3,4)5)61-45(65)15-11-6-7-12-24-57-48(66)37-22-25-62(29-37)26-23-38(31-73-40-13-9-8-10-14-40)60-42-21-20-41(76(56,71)72)28-44(42)75(69,70)52(53,54)55/h8-10,13-14,16-21,28,32-33,37-39,43,47,60,64H,6-7,11-12,15,22-27,29-31H2,1-5H3,(H,57,66)(H,59,67)(H,61,65)(H2,56,71,72)/t33?,37-,38?,39-,43+,47?/m1/s1. The van der Waals surface area contributed by atoms with E-state index in [-0.39, 0.29) is 43.2 Å². The number of unbranched alkanes of at least 4 members (excludes halogenated alkanes) is 3. The summed E-state index contributed by atoms with van der Waals surface area (Å²) in [6.45, 7) is 11.1. The number of hydrogen-bond acceptors (Lipinski definition) is 14. The number of aliphatic hydroxyl groups excluding tert-OH is 1. The summed E-state index contributed by atoms with van der Waals surface area (Å²) in [5, 5.41) is 27.7. The second-order valence-electron chi connectivity index (χ2n) is 20.5. The molecule has 3 heterocycles. The number of alkyl halides is 3. The number of primary sulfonamides is 1. The zero-order valence-electron chi connectivity index (χ0n) is 43.3. The first-order chi connectivity index (χ1) is 35.7. The first-order valence-corrected chi connectivity index (χ1v) is 30.1. The number of hydrogen-bond donors (Lipinski definition) is 6. The molecule has 6 atom stereocenters. The third-order valence-electron chi connectivity index (χ3n) is 13.6. The fraction of sp³-hybridized carbons (Fsp3) is 0.519. The first-order valence-electron chi connectivity index (χ1n) is 25.2. The molecule has 0 bridgehead atoms. The van der Waals surface area contributed by atoms with Gasteiger partial charge >= 0.3 is 5.51 Å². The van der Waals surface area contributed by atoms with Crippen LogP contribution in [0.4, 0.5) is 18.9 Å². The zero-order valence-corrected chi connectivity index (χ0v) is 46.5. The maximum absolute atomic E-state index is 14.1. The fourth-order valence-electron chi connectivity index (χ4n) is 9.23. The number of sulfonamides is 1. The average Bonchev–Trinajstić information content (AvgIpc) is 4.13. The number of anilines is 1. The van der Waals surface area contributed by atoms with Gasteiger partial charge in [-0.3, -0.25) is 19.2 Å². The Morgan fingerprint density at radius 1 is 0.921 bits per heavy atom. The van der Waals surface area contributed by atoms with E-state index in [2.05, 4.69) is 31.2 Å². The summed E-state index contributed by atoms with van der Waals surface area (Å²) in [7, 11) is -10.5. The highest BCUT2D eigenvalue weighted by Crippen LogP contribution is 2.37. The van der Waals surface area contributed by atoms with Gasteiger partial charge in [0.15, 0.2) is 0 Å². The molecule has 6 rings (SSSR count). The Kier molecular flexibility index (Phi) is 20.6. The fourth-order valence-corrected chi connectivity index (χ4v) is 12.6. The number of carbonyl (C=O) groups is 4. The molecule has 7 N–H and O–H groups in total. The van der Waals surface area contributed by atoms with Crippen molar-refractivity contribution in [1.82, 2.24) is 30.7 Å².